The van der Waals surface area contributed by atoms with Gasteiger partial charge >= 0.3 is 0 Å². The normalized spacial score (nSPS) is 11.0. The first-order valence-electron chi connectivity index (χ1n) is 8.20. The van der Waals surface area contributed by atoms with Crippen LogP contribution in [0.3, 0.4) is 0 Å². The molecule has 29 heavy (non-hydrogen) atoms. The largest absolute Gasteiger partial charge is 0.320 e. The third-order valence-corrected chi connectivity index (χ3v) is 4.30. The number of carbonyl (C=O) groups excluding carboxylic acids is 1. The highest BCUT2D eigenvalue weighted by Crippen LogP contribution is 2.25. The number of nitro groups is 1. The summed E-state index contributed by atoms with van der Waals surface area (Å²) in [6.45, 7) is 1.67. The van der Waals surface area contributed by atoms with Crippen molar-refractivity contribution >= 4 is 35.0 Å². The second kappa shape index (κ2) is 8.19. The number of aryl methyl sites for hydroxylation is 1. The fourth-order valence-electron chi connectivity index (χ4n) is 2.51. The zero-order chi connectivity index (χ0) is 21.1. The number of aromatic nitrogens is 2. The van der Waals surface area contributed by atoms with Crippen LogP contribution in [0.5, 0.6) is 0 Å². The maximum atomic E-state index is 13.8. The molecule has 0 aliphatic carbocycles. The number of hydrogen-bond donors (Lipinski definition) is 1. The van der Waals surface area contributed by atoms with E-state index in [1.807, 2.05) is 0 Å². The van der Waals surface area contributed by atoms with Crippen LogP contribution in [-0.2, 0) is 4.79 Å². The number of nitrogens with zero attached hydrogens (tertiary/aromatic N) is 3. The first kappa shape index (κ1) is 20.2. The smallest absolute Gasteiger partial charge is 0.271 e. The van der Waals surface area contributed by atoms with Gasteiger partial charge in [0, 0.05) is 23.8 Å². The van der Waals surface area contributed by atoms with E-state index in [1.54, 1.807) is 6.92 Å². The molecule has 1 N–H and O–H groups in total. The van der Waals surface area contributed by atoms with Gasteiger partial charge in [0.2, 0.25) is 5.91 Å². The first-order valence-corrected chi connectivity index (χ1v) is 8.58. The third-order valence-electron chi connectivity index (χ3n) is 3.94. The van der Waals surface area contributed by atoms with Crippen LogP contribution in [0.2, 0.25) is 5.15 Å². The van der Waals surface area contributed by atoms with Gasteiger partial charge in [0.05, 0.1) is 22.0 Å². The molecule has 10 heteroatoms. The second-order valence-corrected chi connectivity index (χ2v) is 6.28. The molecule has 1 amide bonds. The highest BCUT2D eigenvalue weighted by atomic mass is 35.5. The summed E-state index contributed by atoms with van der Waals surface area (Å²) in [5, 5.41) is 17.5. The molecule has 0 unspecified atom stereocenters. The molecule has 0 fully saturated rings. The van der Waals surface area contributed by atoms with Crippen LogP contribution in [0.1, 0.15) is 11.3 Å². The lowest BCUT2D eigenvalue weighted by Gasteiger charge is -2.04. The van der Waals surface area contributed by atoms with Crippen molar-refractivity contribution in [1.29, 1.82) is 0 Å². The van der Waals surface area contributed by atoms with Crippen molar-refractivity contribution in [2.24, 2.45) is 0 Å². The lowest BCUT2D eigenvalue weighted by Crippen LogP contribution is -2.09. The highest BCUT2D eigenvalue weighted by Gasteiger charge is 2.14. The standard InChI is InChI=1S/C19H13ClF2N4O3/c1-11-15(19(20)25(24-11)13-4-2-12(21)3-5-13)7-9-18(27)23-17-10-14(26(28)29)6-8-16(17)22/h2-10H,1H3,(H,23,27)/b9-7+. The molecule has 0 bridgehead atoms. The molecule has 0 saturated heterocycles. The van der Waals surface area contributed by atoms with Crippen molar-refractivity contribution < 1.29 is 18.5 Å². The summed E-state index contributed by atoms with van der Waals surface area (Å²) in [7, 11) is 0. The number of hydrogen-bond acceptors (Lipinski definition) is 4. The van der Waals surface area contributed by atoms with Gasteiger partial charge in [-0.3, -0.25) is 14.9 Å². The van der Waals surface area contributed by atoms with Crippen molar-refractivity contribution in [3.05, 3.63) is 86.7 Å². The summed E-state index contributed by atoms with van der Waals surface area (Å²) < 4.78 is 28.3. The minimum Gasteiger partial charge on any atom is -0.320 e. The van der Waals surface area contributed by atoms with Crippen LogP contribution in [0.25, 0.3) is 11.8 Å². The number of halogens is 3. The quantitative estimate of drug-likeness (QED) is 0.370. The summed E-state index contributed by atoms with van der Waals surface area (Å²) in [5.74, 6) is -1.93. The van der Waals surface area contributed by atoms with Gasteiger partial charge in [0.25, 0.3) is 5.69 Å². The summed E-state index contributed by atoms with van der Waals surface area (Å²) in [4.78, 5) is 22.2. The molecule has 3 aromatic rings. The van der Waals surface area contributed by atoms with Gasteiger partial charge in [-0.25, -0.2) is 13.5 Å². The highest BCUT2D eigenvalue weighted by molar-refractivity contribution is 6.31. The number of nitro benzene ring substituents is 1. The lowest BCUT2D eigenvalue weighted by atomic mass is 10.2. The average molecular weight is 419 g/mol. The maximum absolute atomic E-state index is 13.8. The molecular formula is C19H13ClF2N4O3. The molecule has 3 rings (SSSR count). The fourth-order valence-corrected chi connectivity index (χ4v) is 2.85. The Labute approximate surface area is 168 Å². The number of anilines is 1. The average Bonchev–Trinajstić information content (AvgIpc) is 2.96. The lowest BCUT2D eigenvalue weighted by molar-refractivity contribution is -0.384. The van der Waals surface area contributed by atoms with Gasteiger partial charge in [-0.05, 0) is 43.3 Å². The Morgan fingerprint density at radius 3 is 2.59 bits per heavy atom. The van der Waals surface area contributed by atoms with Crippen LogP contribution < -0.4 is 5.32 Å². The summed E-state index contributed by atoms with van der Waals surface area (Å²) in [6.07, 6.45) is 2.48. The van der Waals surface area contributed by atoms with Gasteiger partial charge in [0.1, 0.15) is 16.8 Å². The molecule has 148 valence electrons. The van der Waals surface area contributed by atoms with Gasteiger partial charge in [-0.15, -0.1) is 0 Å². The predicted octanol–water partition coefficient (Wildman–Crippen LogP) is 4.67. The number of benzene rings is 2. The van der Waals surface area contributed by atoms with Crippen molar-refractivity contribution in [1.82, 2.24) is 9.78 Å². The van der Waals surface area contributed by atoms with E-state index in [0.717, 1.165) is 24.3 Å². The fraction of sp³-hybridized carbons (Fsp3) is 0.0526. The van der Waals surface area contributed by atoms with Crippen molar-refractivity contribution in [3.63, 3.8) is 0 Å². The molecule has 1 aromatic heterocycles. The molecule has 0 aliphatic rings. The molecule has 0 atom stereocenters. The molecule has 2 aromatic carbocycles. The van der Waals surface area contributed by atoms with E-state index in [-0.39, 0.29) is 16.5 Å². The molecule has 1 heterocycles. The first-order chi connectivity index (χ1) is 13.8. The zero-order valence-corrected chi connectivity index (χ0v) is 15.7. The Bertz CT molecular complexity index is 1130. The molecular weight excluding hydrogens is 406 g/mol. The Morgan fingerprint density at radius 2 is 1.93 bits per heavy atom. The topological polar surface area (TPSA) is 90.1 Å². The van der Waals surface area contributed by atoms with E-state index in [0.29, 0.717) is 16.9 Å². The molecule has 0 spiro atoms. The second-order valence-electron chi connectivity index (χ2n) is 5.92. The van der Waals surface area contributed by atoms with Crippen LogP contribution in [0, 0.1) is 28.7 Å². The molecule has 0 aliphatic heterocycles. The minimum absolute atomic E-state index is 0.194. The van der Waals surface area contributed by atoms with E-state index in [2.05, 4.69) is 10.4 Å². The summed E-state index contributed by atoms with van der Waals surface area (Å²) in [5.41, 5.74) is 0.793. The summed E-state index contributed by atoms with van der Waals surface area (Å²) in [6, 6.07) is 8.33. The zero-order valence-electron chi connectivity index (χ0n) is 14.9. The van der Waals surface area contributed by atoms with E-state index in [4.69, 9.17) is 11.6 Å². The number of rotatable bonds is 5. The maximum Gasteiger partial charge on any atom is 0.271 e. The number of nitrogens with one attached hydrogen (secondary N) is 1. The van der Waals surface area contributed by atoms with E-state index < -0.39 is 22.5 Å². The monoisotopic (exact) mass is 418 g/mol. The van der Waals surface area contributed by atoms with Crippen LogP contribution in [0.15, 0.2) is 48.5 Å². The van der Waals surface area contributed by atoms with Crippen molar-refractivity contribution in [2.75, 3.05) is 5.32 Å². The van der Waals surface area contributed by atoms with Gasteiger partial charge in [-0.2, -0.15) is 5.10 Å². The SMILES string of the molecule is Cc1nn(-c2ccc(F)cc2)c(Cl)c1/C=C/C(=O)Nc1cc([N+](=O)[O-])ccc1F. The van der Waals surface area contributed by atoms with E-state index in [1.165, 1.54) is 35.0 Å². The van der Waals surface area contributed by atoms with Crippen LogP contribution >= 0.6 is 11.6 Å². The molecule has 0 radical (unpaired) electrons. The predicted molar refractivity (Wildman–Crippen MR) is 104 cm³/mol. The van der Waals surface area contributed by atoms with Gasteiger partial charge in [0.15, 0.2) is 0 Å². The van der Waals surface area contributed by atoms with Crippen LogP contribution in [-0.4, -0.2) is 20.6 Å². The Morgan fingerprint density at radius 1 is 1.24 bits per heavy atom. The summed E-state index contributed by atoms with van der Waals surface area (Å²) >= 11 is 6.32. The Balaban J connectivity index is 1.81. The Kier molecular flexibility index (Phi) is 5.69. The number of amides is 1. The van der Waals surface area contributed by atoms with Crippen molar-refractivity contribution in [2.45, 2.75) is 6.92 Å². The van der Waals surface area contributed by atoms with E-state index in [9.17, 15) is 23.7 Å². The van der Waals surface area contributed by atoms with Gasteiger partial charge in [-0.1, -0.05) is 11.6 Å². The van der Waals surface area contributed by atoms with Gasteiger partial charge < -0.3 is 5.32 Å². The van der Waals surface area contributed by atoms with Crippen molar-refractivity contribution in [3.8, 4) is 5.69 Å². The van der Waals surface area contributed by atoms with Crippen LogP contribution in [0.4, 0.5) is 20.2 Å². The Hall–Kier alpha value is -3.59. The molecule has 7 nitrogen and oxygen atoms in total. The number of carbonyl (C=O) groups is 1. The minimum atomic E-state index is -0.810. The van der Waals surface area contributed by atoms with E-state index >= 15 is 0 Å². The third kappa shape index (κ3) is 4.46. The number of non-ortho nitro benzene ring substituents is 1. The molecule has 0 saturated carbocycles.